The van der Waals surface area contributed by atoms with E-state index in [4.69, 9.17) is 15.0 Å². The molecule has 0 saturated carbocycles. The van der Waals surface area contributed by atoms with Crippen LogP contribution in [0.15, 0.2) is 35.4 Å². The van der Waals surface area contributed by atoms with Crippen molar-refractivity contribution in [1.29, 1.82) is 0 Å². The summed E-state index contributed by atoms with van der Waals surface area (Å²) in [6, 6.07) is 8.42. The number of carbonyl (C=O) groups is 2. The van der Waals surface area contributed by atoms with Crippen molar-refractivity contribution in [3.8, 4) is 0 Å². The molecule has 1 aromatic rings. The zero-order valence-electron chi connectivity index (χ0n) is 11.1. The molecule has 0 radical (unpaired) electrons. The van der Waals surface area contributed by atoms with Crippen LogP contribution in [-0.4, -0.2) is 30.8 Å². The minimum Gasteiger partial charge on any atom is -0.461 e. The highest BCUT2D eigenvalue weighted by Gasteiger charge is 2.35. The van der Waals surface area contributed by atoms with Crippen molar-refractivity contribution in [2.45, 2.75) is 25.2 Å². The Morgan fingerprint density at radius 1 is 1.48 bits per heavy atom. The van der Waals surface area contributed by atoms with Gasteiger partial charge in [0.1, 0.15) is 18.8 Å². The lowest BCUT2D eigenvalue weighted by Crippen LogP contribution is -2.38. The lowest BCUT2D eigenvalue weighted by Gasteiger charge is -2.09. The largest absolute Gasteiger partial charge is 0.461 e. The van der Waals surface area contributed by atoms with Crippen LogP contribution in [0.5, 0.6) is 0 Å². The van der Waals surface area contributed by atoms with Crippen molar-refractivity contribution in [2.24, 2.45) is 5.11 Å². The molecule has 110 valence electrons. The van der Waals surface area contributed by atoms with E-state index in [0.717, 1.165) is 5.56 Å². The number of alkyl carbamates (subject to hydrolysis) is 1. The van der Waals surface area contributed by atoms with E-state index in [0.29, 0.717) is 0 Å². The minimum absolute atomic E-state index is 0.0550. The first-order valence-corrected chi connectivity index (χ1v) is 6.37. The highest BCUT2D eigenvalue weighted by atomic mass is 16.6. The number of hydrogen-bond donors (Lipinski definition) is 1. The van der Waals surface area contributed by atoms with Crippen LogP contribution in [-0.2, 0) is 20.9 Å². The molecule has 0 aliphatic carbocycles. The summed E-state index contributed by atoms with van der Waals surface area (Å²) in [7, 11) is 0. The van der Waals surface area contributed by atoms with E-state index < -0.39 is 24.2 Å². The van der Waals surface area contributed by atoms with Crippen molar-refractivity contribution in [3.05, 3.63) is 46.3 Å². The summed E-state index contributed by atoms with van der Waals surface area (Å²) in [4.78, 5) is 25.7. The highest BCUT2D eigenvalue weighted by molar-refractivity contribution is 5.83. The van der Waals surface area contributed by atoms with Gasteiger partial charge in [-0.15, -0.1) is 0 Å². The summed E-state index contributed by atoms with van der Waals surface area (Å²) in [5.74, 6) is -0.551. The third kappa shape index (κ3) is 4.39. The predicted octanol–water partition coefficient (Wildman–Crippen LogP) is 1.91. The van der Waals surface area contributed by atoms with Gasteiger partial charge in [-0.25, -0.2) is 9.59 Å². The van der Waals surface area contributed by atoms with Crippen LogP contribution in [0.3, 0.4) is 0 Å². The predicted molar refractivity (Wildman–Crippen MR) is 72.1 cm³/mol. The summed E-state index contributed by atoms with van der Waals surface area (Å²) < 4.78 is 9.98. The molecule has 0 aromatic heterocycles. The summed E-state index contributed by atoms with van der Waals surface area (Å²) in [5.41, 5.74) is 9.06. The van der Waals surface area contributed by atoms with Crippen LogP contribution in [0.1, 0.15) is 12.0 Å². The van der Waals surface area contributed by atoms with Gasteiger partial charge in [0, 0.05) is 11.3 Å². The van der Waals surface area contributed by atoms with E-state index in [-0.39, 0.29) is 19.6 Å². The molecular formula is C13H14N4O4. The van der Waals surface area contributed by atoms with Gasteiger partial charge in [-0.3, -0.25) is 0 Å². The number of nitrogens with zero attached hydrogens (tertiary/aromatic N) is 3. The number of nitrogens with one attached hydrogen (secondary N) is 1. The molecule has 1 N–H and O–H groups in total. The van der Waals surface area contributed by atoms with E-state index in [1.54, 1.807) is 0 Å². The van der Waals surface area contributed by atoms with Gasteiger partial charge >= 0.3 is 12.1 Å². The lowest BCUT2D eigenvalue weighted by molar-refractivity contribution is -0.142. The number of benzene rings is 1. The molecule has 2 rings (SSSR count). The standard InChI is InChI=1S/C13H14N4O4/c14-17-15-7-10-6-11(12(18)21-10)16-13(19)20-8-9-4-2-1-3-5-9/h1-5,10-11H,6-8H2,(H,16,19)/t10-,11-/m0/s1. The molecule has 21 heavy (non-hydrogen) atoms. The molecule has 8 nitrogen and oxygen atoms in total. The van der Waals surface area contributed by atoms with E-state index in [2.05, 4.69) is 15.3 Å². The Bertz CT molecular complexity index is 557. The van der Waals surface area contributed by atoms with Gasteiger partial charge in [0.15, 0.2) is 0 Å². The fourth-order valence-electron chi connectivity index (χ4n) is 1.92. The second-order valence-corrected chi connectivity index (χ2v) is 4.47. The normalized spacial score (nSPS) is 20.3. The molecule has 1 heterocycles. The number of cyclic esters (lactones) is 1. The van der Waals surface area contributed by atoms with Crippen LogP contribution in [0.25, 0.3) is 10.4 Å². The van der Waals surface area contributed by atoms with Crippen molar-refractivity contribution in [1.82, 2.24) is 5.32 Å². The van der Waals surface area contributed by atoms with Gasteiger partial charge in [0.2, 0.25) is 0 Å². The first-order chi connectivity index (χ1) is 10.2. The monoisotopic (exact) mass is 290 g/mol. The number of hydrogen-bond acceptors (Lipinski definition) is 5. The van der Waals surface area contributed by atoms with E-state index in [9.17, 15) is 9.59 Å². The summed E-state index contributed by atoms with van der Waals surface area (Å²) in [6.07, 6.45) is -0.934. The average molecular weight is 290 g/mol. The van der Waals surface area contributed by atoms with Crippen molar-refractivity contribution in [3.63, 3.8) is 0 Å². The SMILES string of the molecule is [N-]=[N+]=NC[C@@H]1C[C@H](NC(=O)OCc2ccccc2)C(=O)O1. The van der Waals surface area contributed by atoms with Crippen molar-refractivity contribution in [2.75, 3.05) is 6.54 Å². The summed E-state index contributed by atoms with van der Waals surface area (Å²) in [5, 5.41) is 5.77. The number of esters is 1. The van der Waals surface area contributed by atoms with Gasteiger partial charge in [-0.1, -0.05) is 35.4 Å². The number of amides is 1. The molecule has 1 aromatic carbocycles. The number of ether oxygens (including phenoxy) is 2. The maximum atomic E-state index is 11.6. The third-order valence-corrected chi connectivity index (χ3v) is 2.92. The quantitative estimate of drug-likeness (QED) is 0.386. The van der Waals surface area contributed by atoms with Crippen molar-refractivity contribution < 1.29 is 19.1 Å². The fraction of sp³-hybridized carbons (Fsp3) is 0.385. The molecule has 0 bridgehead atoms. The zero-order chi connectivity index (χ0) is 15.1. The van der Waals surface area contributed by atoms with Gasteiger partial charge in [-0.05, 0) is 11.1 Å². The smallest absolute Gasteiger partial charge is 0.408 e. The molecular weight excluding hydrogens is 276 g/mol. The maximum absolute atomic E-state index is 11.6. The topological polar surface area (TPSA) is 113 Å². The fourth-order valence-corrected chi connectivity index (χ4v) is 1.92. The van der Waals surface area contributed by atoms with Crippen LogP contribution in [0, 0.1) is 0 Å². The molecule has 0 spiro atoms. The molecule has 0 unspecified atom stereocenters. The molecule has 8 heteroatoms. The Morgan fingerprint density at radius 2 is 2.24 bits per heavy atom. The Balaban J connectivity index is 1.77. The Labute approximate surface area is 120 Å². The van der Waals surface area contributed by atoms with Gasteiger partial charge in [-0.2, -0.15) is 0 Å². The minimum atomic E-state index is -0.771. The summed E-state index contributed by atoms with van der Waals surface area (Å²) >= 11 is 0. The Morgan fingerprint density at radius 3 is 2.95 bits per heavy atom. The number of azide groups is 1. The van der Waals surface area contributed by atoms with E-state index in [1.165, 1.54) is 0 Å². The Kier molecular flexibility index (Phi) is 5.00. The molecule has 1 saturated heterocycles. The zero-order valence-corrected chi connectivity index (χ0v) is 11.1. The first-order valence-electron chi connectivity index (χ1n) is 6.37. The summed E-state index contributed by atoms with van der Waals surface area (Å²) in [6.45, 7) is 0.177. The highest BCUT2D eigenvalue weighted by Crippen LogP contribution is 2.15. The van der Waals surface area contributed by atoms with E-state index >= 15 is 0 Å². The molecule has 1 aliphatic rings. The Hall–Kier alpha value is -2.73. The number of carbonyl (C=O) groups excluding carboxylic acids is 2. The van der Waals surface area contributed by atoms with Crippen LogP contribution >= 0.6 is 0 Å². The molecule has 1 aliphatic heterocycles. The van der Waals surface area contributed by atoms with Crippen molar-refractivity contribution >= 4 is 12.1 Å². The van der Waals surface area contributed by atoms with Gasteiger partial charge in [0.25, 0.3) is 0 Å². The average Bonchev–Trinajstić information content (AvgIpc) is 2.84. The third-order valence-electron chi connectivity index (χ3n) is 2.92. The lowest BCUT2D eigenvalue weighted by atomic mass is 10.2. The van der Waals surface area contributed by atoms with Gasteiger partial charge in [0.05, 0.1) is 6.54 Å². The second-order valence-electron chi connectivity index (χ2n) is 4.47. The molecule has 1 amide bonds. The number of rotatable bonds is 5. The maximum Gasteiger partial charge on any atom is 0.408 e. The van der Waals surface area contributed by atoms with Crippen LogP contribution < -0.4 is 5.32 Å². The molecule has 2 atom stereocenters. The first kappa shape index (κ1) is 14.7. The van der Waals surface area contributed by atoms with Crippen LogP contribution in [0.4, 0.5) is 4.79 Å². The molecule has 1 fully saturated rings. The van der Waals surface area contributed by atoms with Crippen LogP contribution in [0.2, 0.25) is 0 Å². The van der Waals surface area contributed by atoms with E-state index in [1.807, 2.05) is 30.3 Å². The van der Waals surface area contributed by atoms with Gasteiger partial charge < -0.3 is 14.8 Å². The second kappa shape index (κ2) is 7.16.